The largest absolute Gasteiger partial charge is 0.394 e. The Morgan fingerprint density at radius 2 is 2.35 bits per heavy atom. The van der Waals surface area contributed by atoms with E-state index in [0.717, 1.165) is 0 Å². The molecule has 1 heterocycles. The number of aliphatic hydroxyl groups excluding tert-OH is 1. The molecule has 1 rings (SSSR count). The smallest absolute Gasteiger partial charge is 0.287 e. The van der Waals surface area contributed by atoms with E-state index in [0.29, 0.717) is 6.54 Å². The highest BCUT2D eigenvalue weighted by Crippen LogP contribution is 2.16. The van der Waals surface area contributed by atoms with Gasteiger partial charge in [-0.1, -0.05) is 0 Å². The van der Waals surface area contributed by atoms with E-state index in [1.54, 1.807) is 13.8 Å². The van der Waals surface area contributed by atoms with Crippen LogP contribution in [-0.2, 0) is 6.54 Å². The molecule has 1 aromatic rings. The molecule has 0 fully saturated rings. The summed E-state index contributed by atoms with van der Waals surface area (Å²) in [4.78, 5) is 21.8. The minimum Gasteiger partial charge on any atom is -0.394 e. The van der Waals surface area contributed by atoms with Crippen LogP contribution in [0.25, 0.3) is 0 Å². The van der Waals surface area contributed by atoms with E-state index in [9.17, 15) is 14.9 Å². The molecule has 1 amide bonds. The van der Waals surface area contributed by atoms with Gasteiger partial charge < -0.3 is 15.0 Å². The van der Waals surface area contributed by atoms with Crippen molar-refractivity contribution in [3.8, 4) is 0 Å². The van der Waals surface area contributed by atoms with Crippen LogP contribution in [0.1, 0.15) is 24.3 Å². The predicted octanol–water partition coefficient (Wildman–Crippen LogP) is 0.527. The molecule has 0 bridgehead atoms. The summed E-state index contributed by atoms with van der Waals surface area (Å²) in [7, 11) is 0. The number of nitro groups is 1. The standard InChI is InChI=1S/C10H15N3O4/c1-3-12-5-8(13(16)17)4-9(12)10(15)11-7(2)6-14/h4-5,7,14H,3,6H2,1-2H3,(H,11,15)/t7-/m1/s1. The van der Waals surface area contributed by atoms with E-state index >= 15 is 0 Å². The summed E-state index contributed by atoms with van der Waals surface area (Å²) >= 11 is 0. The summed E-state index contributed by atoms with van der Waals surface area (Å²) in [6.45, 7) is 3.71. The maximum atomic E-state index is 11.8. The van der Waals surface area contributed by atoms with Crippen LogP contribution in [0.4, 0.5) is 5.69 Å². The molecule has 1 atom stereocenters. The Morgan fingerprint density at radius 3 is 2.82 bits per heavy atom. The molecule has 7 nitrogen and oxygen atoms in total. The number of nitrogens with one attached hydrogen (secondary N) is 1. The first kappa shape index (κ1) is 13.2. The monoisotopic (exact) mass is 241 g/mol. The van der Waals surface area contributed by atoms with Gasteiger partial charge in [0.15, 0.2) is 0 Å². The molecule has 0 aliphatic carbocycles. The lowest BCUT2D eigenvalue weighted by Crippen LogP contribution is -2.36. The van der Waals surface area contributed by atoms with Crippen LogP contribution in [0.5, 0.6) is 0 Å². The van der Waals surface area contributed by atoms with Gasteiger partial charge in [-0.05, 0) is 13.8 Å². The van der Waals surface area contributed by atoms with E-state index in [1.165, 1.54) is 16.8 Å². The molecule has 0 spiro atoms. The first-order valence-corrected chi connectivity index (χ1v) is 5.25. The minimum absolute atomic E-state index is 0.117. The molecular weight excluding hydrogens is 226 g/mol. The number of nitrogens with zero attached hydrogens (tertiary/aromatic N) is 2. The topological polar surface area (TPSA) is 97.4 Å². The summed E-state index contributed by atoms with van der Waals surface area (Å²) in [5.74, 6) is -0.429. The van der Waals surface area contributed by atoms with Crippen molar-refractivity contribution in [1.29, 1.82) is 0 Å². The Labute approximate surface area is 98.2 Å². The Kier molecular flexibility index (Phi) is 4.22. The van der Waals surface area contributed by atoms with Crippen LogP contribution in [0, 0.1) is 10.1 Å². The highest BCUT2D eigenvalue weighted by atomic mass is 16.6. The molecule has 0 aliphatic rings. The Hall–Kier alpha value is -1.89. The van der Waals surface area contributed by atoms with Crippen LogP contribution < -0.4 is 5.32 Å². The number of hydrogen-bond acceptors (Lipinski definition) is 4. The number of rotatable bonds is 5. The average Bonchev–Trinajstić information content (AvgIpc) is 2.72. The lowest BCUT2D eigenvalue weighted by Gasteiger charge is -2.11. The number of carbonyl (C=O) groups excluding carboxylic acids is 1. The van der Waals surface area contributed by atoms with Crippen molar-refractivity contribution in [3.05, 3.63) is 28.1 Å². The fourth-order valence-corrected chi connectivity index (χ4v) is 1.39. The molecule has 0 saturated carbocycles. The van der Waals surface area contributed by atoms with E-state index in [1.807, 2.05) is 0 Å². The second kappa shape index (κ2) is 5.44. The number of carbonyl (C=O) groups is 1. The summed E-state index contributed by atoms with van der Waals surface area (Å²) in [5.41, 5.74) is 0.105. The second-order valence-electron chi connectivity index (χ2n) is 3.68. The van der Waals surface area contributed by atoms with Crippen molar-refractivity contribution < 1.29 is 14.8 Å². The zero-order valence-corrected chi connectivity index (χ0v) is 9.71. The van der Waals surface area contributed by atoms with E-state index in [2.05, 4.69) is 5.32 Å². The van der Waals surface area contributed by atoms with Crippen LogP contribution in [0.3, 0.4) is 0 Å². The molecule has 1 aromatic heterocycles. The van der Waals surface area contributed by atoms with Crippen molar-refractivity contribution >= 4 is 11.6 Å². The van der Waals surface area contributed by atoms with Gasteiger partial charge in [-0.25, -0.2) is 0 Å². The summed E-state index contributed by atoms with van der Waals surface area (Å²) in [5, 5.41) is 22.0. The first-order valence-electron chi connectivity index (χ1n) is 5.25. The van der Waals surface area contributed by atoms with Crippen molar-refractivity contribution in [1.82, 2.24) is 9.88 Å². The first-order chi connectivity index (χ1) is 7.99. The van der Waals surface area contributed by atoms with Gasteiger partial charge in [0.2, 0.25) is 0 Å². The third kappa shape index (κ3) is 3.04. The molecular formula is C10H15N3O4. The van der Waals surface area contributed by atoms with Crippen LogP contribution in [0.2, 0.25) is 0 Å². The molecule has 94 valence electrons. The summed E-state index contributed by atoms with van der Waals surface area (Å²) in [6.07, 6.45) is 1.32. The normalized spacial score (nSPS) is 12.2. The maximum Gasteiger partial charge on any atom is 0.287 e. The molecule has 2 N–H and O–H groups in total. The number of aromatic nitrogens is 1. The van der Waals surface area contributed by atoms with Gasteiger partial charge >= 0.3 is 0 Å². The van der Waals surface area contributed by atoms with Crippen LogP contribution >= 0.6 is 0 Å². The van der Waals surface area contributed by atoms with E-state index in [-0.39, 0.29) is 24.0 Å². The van der Waals surface area contributed by atoms with Crippen LogP contribution in [0.15, 0.2) is 12.3 Å². The Balaban J connectivity index is 2.95. The summed E-state index contributed by atoms with van der Waals surface area (Å²) < 4.78 is 1.50. The second-order valence-corrected chi connectivity index (χ2v) is 3.68. The van der Waals surface area contributed by atoms with E-state index in [4.69, 9.17) is 5.11 Å². The molecule has 0 unspecified atom stereocenters. The van der Waals surface area contributed by atoms with E-state index < -0.39 is 10.8 Å². The molecule has 17 heavy (non-hydrogen) atoms. The van der Waals surface area contributed by atoms with Gasteiger partial charge in [-0.2, -0.15) is 0 Å². The van der Waals surface area contributed by atoms with Crippen molar-refractivity contribution in [2.45, 2.75) is 26.4 Å². The third-order valence-corrected chi connectivity index (χ3v) is 2.32. The van der Waals surface area contributed by atoms with Gasteiger partial charge in [-0.3, -0.25) is 14.9 Å². The average molecular weight is 241 g/mol. The number of hydrogen-bond donors (Lipinski definition) is 2. The number of aliphatic hydroxyl groups is 1. The van der Waals surface area contributed by atoms with Crippen molar-refractivity contribution in [2.75, 3.05) is 6.61 Å². The highest BCUT2D eigenvalue weighted by Gasteiger charge is 2.19. The zero-order chi connectivity index (χ0) is 13.0. The summed E-state index contributed by atoms with van der Waals surface area (Å²) in [6, 6.07) is 0.838. The lowest BCUT2D eigenvalue weighted by molar-refractivity contribution is -0.384. The van der Waals surface area contributed by atoms with Gasteiger partial charge in [0.1, 0.15) is 5.69 Å². The fourth-order valence-electron chi connectivity index (χ4n) is 1.39. The molecule has 0 aliphatic heterocycles. The fraction of sp³-hybridized carbons (Fsp3) is 0.500. The highest BCUT2D eigenvalue weighted by molar-refractivity contribution is 5.93. The van der Waals surface area contributed by atoms with Gasteiger partial charge in [-0.15, -0.1) is 0 Å². The number of amides is 1. The van der Waals surface area contributed by atoms with Gasteiger partial charge in [0.05, 0.1) is 17.7 Å². The minimum atomic E-state index is -0.543. The molecule has 0 radical (unpaired) electrons. The third-order valence-electron chi connectivity index (χ3n) is 2.32. The Morgan fingerprint density at radius 1 is 1.71 bits per heavy atom. The van der Waals surface area contributed by atoms with Crippen LogP contribution in [-0.4, -0.2) is 33.2 Å². The van der Waals surface area contributed by atoms with Crippen molar-refractivity contribution in [2.24, 2.45) is 0 Å². The molecule has 0 saturated heterocycles. The maximum absolute atomic E-state index is 11.8. The quantitative estimate of drug-likeness (QED) is 0.580. The SMILES string of the molecule is CCn1cc([N+](=O)[O-])cc1C(=O)N[C@H](C)CO. The Bertz CT molecular complexity index is 427. The number of aryl methyl sites for hydroxylation is 1. The van der Waals surface area contributed by atoms with Gasteiger partial charge in [0, 0.05) is 18.7 Å². The molecule has 7 heteroatoms. The zero-order valence-electron chi connectivity index (χ0n) is 9.71. The van der Waals surface area contributed by atoms with Gasteiger partial charge in [0.25, 0.3) is 11.6 Å². The predicted molar refractivity (Wildman–Crippen MR) is 60.8 cm³/mol. The lowest BCUT2D eigenvalue weighted by atomic mass is 10.3. The molecule has 0 aromatic carbocycles. The van der Waals surface area contributed by atoms with Crippen molar-refractivity contribution in [3.63, 3.8) is 0 Å².